The number of hydrogen-bond donors (Lipinski definition) is 2. The van der Waals surface area contributed by atoms with Gasteiger partial charge in [-0.15, -0.1) is 0 Å². The highest BCUT2D eigenvalue weighted by molar-refractivity contribution is 9.10. The van der Waals surface area contributed by atoms with E-state index in [1.165, 1.54) is 30.3 Å². The molecule has 0 heterocycles. The Balaban J connectivity index is 2.01. The van der Waals surface area contributed by atoms with E-state index in [1.807, 2.05) is 0 Å². The maximum absolute atomic E-state index is 12.4. The van der Waals surface area contributed by atoms with E-state index < -0.39 is 28.7 Å². The van der Waals surface area contributed by atoms with Gasteiger partial charge in [-0.1, -0.05) is 24.3 Å². The molecule has 0 spiro atoms. The third-order valence-corrected chi connectivity index (χ3v) is 5.58. The number of benzene rings is 2. The van der Waals surface area contributed by atoms with Crippen molar-refractivity contribution in [1.82, 2.24) is 5.32 Å². The summed E-state index contributed by atoms with van der Waals surface area (Å²) in [7, 11) is -3.81. The van der Waals surface area contributed by atoms with Crippen molar-refractivity contribution in [3.05, 3.63) is 58.6 Å². The smallest absolute Gasteiger partial charge is 0.347 e. The van der Waals surface area contributed by atoms with Crippen molar-refractivity contribution in [3.8, 4) is 0 Å². The number of rotatable bonds is 6. The molecule has 2 N–H and O–H groups in total. The number of carbonyl (C=O) groups excluding carboxylic acids is 1. The molecule has 0 aliphatic heterocycles. The van der Waals surface area contributed by atoms with Crippen molar-refractivity contribution >= 4 is 37.5 Å². The van der Waals surface area contributed by atoms with E-state index >= 15 is 0 Å². The van der Waals surface area contributed by atoms with Crippen molar-refractivity contribution in [2.75, 3.05) is 11.3 Å². The third-order valence-electron chi connectivity index (χ3n) is 3.18. The molecule has 0 aliphatic carbocycles. The summed E-state index contributed by atoms with van der Waals surface area (Å²) in [5.74, 6) is -0.774. The first-order valence-electron chi connectivity index (χ1n) is 7.26. The van der Waals surface area contributed by atoms with E-state index in [0.29, 0.717) is 10.0 Å². The molecule has 0 saturated carbocycles. The van der Waals surface area contributed by atoms with Gasteiger partial charge >= 0.3 is 6.18 Å². The molecule has 0 unspecified atom stereocenters. The fourth-order valence-electron chi connectivity index (χ4n) is 2.01. The van der Waals surface area contributed by atoms with E-state index in [1.54, 1.807) is 23.5 Å². The molecule has 0 aromatic heterocycles. The van der Waals surface area contributed by atoms with Crippen LogP contribution in [-0.4, -0.2) is 27.0 Å². The fourth-order valence-corrected chi connectivity index (χ4v) is 4.07. The quantitative estimate of drug-likeness (QED) is 0.707. The predicted molar refractivity (Wildman–Crippen MR) is 94.2 cm³/mol. The van der Waals surface area contributed by atoms with Crippen molar-refractivity contribution in [3.63, 3.8) is 0 Å². The lowest BCUT2D eigenvalue weighted by Gasteiger charge is -2.11. The van der Waals surface area contributed by atoms with Crippen LogP contribution in [0.4, 0.5) is 18.9 Å². The lowest BCUT2D eigenvalue weighted by molar-refractivity contribution is -0.138. The van der Waals surface area contributed by atoms with Gasteiger partial charge in [-0.05, 0) is 45.8 Å². The summed E-state index contributed by atoms with van der Waals surface area (Å²) in [6, 6.07) is 12.1. The van der Waals surface area contributed by atoms with Gasteiger partial charge in [-0.3, -0.25) is 9.52 Å². The summed E-state index contributed by atoms with van der Waals surface area (Å²) in [6.07, 6.45) is -4.71. The van der Waals surface area contributed by atoms with Gasteiger partial charge in [0.25, 0.3) is 10.0 Å². The third kappa shape index (κ3) is 6.03. The number of sulfonamides is 1. The number of carbonyl (C=O) groups is 1. The molecular formula is C16H14BrF3N2O3S. The molecule has 0 saturated heterocycles. The van der Waals surface area contributed by atoms with E-state index in [4.69, 9.17) is 0 Å². The summed E-state index contributed by atoms with van der Waals surface area (Å²) in [5, 5.41) is 1.77. The summed E-state index contributed by atoms with van der Waals surface area (Å²) in [6.45, 7) is -1.39. The minimum absolute atomic E-state index is 0.0654. The number of nitrogens with one attached hydrogen (secondary N) is 2. The zero-order valence-corrected chi connectivity index (χ0v) is 15.6. The van der Waals surface area contributed by atoms with E-state index in [9.17, 15) is 26.4 Å². The molecule has 0 fully saturated rings. The molecule has 2 aromatic carbocycles. The van der Waals surface area contributed by atoms with Gasteiger partial charge in [0.2, 0.25) is 5.91 Å². The molecule has 0 atom stereocenters. The standard InChI is InChI=1S/C16H14BrF3N2O3S/c17-13-3-1-2-4-14(13)26(24,25)22-12-7-5-11(6-8-12)9-15(23)21-10-16(18,19)20/h1-8,22H,9-10H2,(H,21,23). The Labute approximate surface area is 156 Å². The van der Waals surface area contributed by atoms with Crippen LogP contribution < -0.4 is 10.0 Å². The van der Waals surface area contributed by atoms with Crippen LogP contribution in [0.3, 0.4) is 0 Å². The Kier molecular flexibility index (Phi) is 6.30. The molecule has 2 rings (SSSR count). The van der Waals surface area contributed by atoms with Crippen LogP contribution in [0.15, 0.2) is 57.9 Å². The summed E-state index contributed by atoms with van der Waals surface area (Å²) in [4.78, 5) is 11.5. The highest BCUT2D eigenvalue weighted by Gasteiger charge is 2.27. The predicted octanol–water partition coefficient (Wildman–Crippen LogP) is 3.47. The highest BCUT2D eigenvalue weighted by Crippen LogP contribution is 2.24. The van der Waals surface area contributed by atoms with Crippen LogP contribution in [0.1, 0.15) is 5.56 Å². The molecule has 1 amide bonds. The summed E-state index contributed by atoms with van der Waals surface area (Å²) >= 11 is 3.17. The van der Waals surface area contributed by atoms with Crippen LogP contribution in [0.25, 0.3) is 0 Å². The molecule has 140 valence electrons. The molecule has 10 heteroatoms. The SMILES string of the molecule is O=C(Cc1ccc(NS(=O)(=O)c2ccccc2Br)cc1)NCC(F)(F)F. The largest absolute Gasteiger partial charge is 0.405 e. The molecular weight excluding hydrogens is 437 g/mol. The summed E-state index contributed by atoms with van der Waals surface area (Å²) in [5.41, 5.74) is 0.716. The maximum Gasteiger partial charge on any atom is 0.405 e. The molecule has 0 radical (unpaired) electrons. The normalized spacial score (nSPS) is 11.8. The topological polar surface area (TPSA) is 75.3 Å². The van der Waals surface area contributed by atoms with E-state index in [-0.39, 0.29) is 17.0 Å². The molecule has 26 heavy (non-hydrogen) atoms. The van der Waals surface area contributed by atoms with Crippen LogP contribution in [0, 0.1) is 0 Å². The minimum Gasteiger partial charge on any atom is -0.347 e. The molecule has 0 aliphatic rings. The number of amides is 1. The summed E-state index contributed by atoms with van der Waals surface area (Å²) < 4.78 is 63.7. The van der Waals surface area contributed by atoms with Gasteiger partial charge in [0, 0.05) is 10.2 Å². The molecule has 0 bridgehead atoms. The number of hydrogen-bond acceptors (Lipinski definition) is 3. The Morgan fingerprint density at radius 1 is 1.04 bits per heavy atom. The number of halogens is 4. The average molecular weight is 451 g/mol. The van der Waals surface area contributed by atoms with Crippen molar-refractivity contribution in [1.29, 1.82) is 0 Å². The lowest BCUT2D eigenvalue weighted by Crippen LogP contribution is -2.34. The zero-order chi connectivity index (χ0) is 19.4. The van der Waals surface area contributed by atoms with Gasteiger partial charge < -0.3 is 5.32 Å². The van der Waals surface area contributed by atoms with Crippen LogP contribution >= 0.6 is 15.9 Å². The van der Waals surface area contributed by atoms with Crippen molar-refractivity contribution in [2.45, 2.75) is 17.5 Å². The van der Waals surface area contributed by atoms with Gasteiger partial charge in [-0.25, -0.2) is 8.42 Å². The fraction of sp³-hybridized carbons (Fsp3) is 0.188. The van der Waals surface area contributed by atoms with Gasteiger partial charge in [0.05, 0.1) is 6.42 Å². The zero-order valence-electron chi connectivity index (χ0n) is 13.2. The van der Waals surface area contributed by atoms with Crippen molar-refractivity contribution in [2.24, 2.45) is 0 Å². The number of anilines is 1. The highest BCUT2D eigenvalue weighted by atomic mass is 79.9. The second kappa shape index (κ2) is 8.09. The molecule has 5 nitrogen and oxygen atoms in total. The van der Waals surface area contributed by atoms with Gasteiger partial charge in [0.1, 0.15) is 11.4 Å². The van der Waals surface area contributed by atoms with Crippen LogP contribution in [0.2, 0.25) is 0 Å². The number of alkyl halides is 3. The lowest BCUT2D eigenvalue weighted by atomic mass is 10.1. The van der Waals surface area contributed by atoms with Gasteiger partial charge in [0.15, 0.2) is 0 Å². The van der Waals surface area contributed by atoms with Crippen molar-refractivity contribution < 1.29 is 26.4 Å². The second-order valence-corrected chi connectivity index (χ2v) is 7.81. The van der Waals surface area contributed by atoms with Gasteiger partial charge in [-0.2, -0.15) is 13.2 Å². The minimum atomic E-state index is -4.47. The average Bonchev–Trinajstić information content (AvgIpc) is 2.54. The second-order valence-electron chi connectivity index (χ2n) is 5.30. The van der Waals surface area contributed by atoms with Crippen LogP contribution in [-0.2, 0) is 21.2 Å². The maximum atomic E-state index is 12.4. The Hall–Kier alpha value is -2.07. The Morgan fingerprint density at radius 2 is 1.65 bits per heavy atom. The first-order chi connectivity index (χ1) is 12.1. The van der Waals surface area contributed by atoms with E-state index in [2.05, 4.69) is 20.7 Å². The molecule has 2 aromatic rings. The first-order valence-corrected chi connectivity index (χ1v) is 9.54. The van der Waals surface area contributed by atoms with Crippen LogP contribution in [0.5, 0.6) is 0 Å². The monoisotopic (exact) mass is 450 g/mol. The Bertz CT molecular complexity index is 884. The first kappa shape index (κ1) is 20.2. The van der Waals surface area contributed by atoms with E-state index in [0.717, 1.165) is 0 Å². The Morgan fingerprint density at radius 3 is 2.23 bits per heavy atom.